The van der Waals surface area contributed by atoms with E-state index >= 15 is 0 Å². The Hall–Kier alpha value is -0.830. The number of hydrogen-bond acceptors (Lipinski definition) is 1. The zero-order valence-corrected chi connectivity index (χ0v) is 12.2. The Morgan fingerprint density at radius 3 is 2.78 bits per heavy atom. The Morgan fingerprint density at radius 2 is 2.17 bits per heavy atom. The summed E-state index contributed by atoms with van der Waals surface area (Å²) in [7, 11) is 0. The van der Waals surface area contributed by atoms with E-state index in [0.717, 1.165) is 28.1 Å². The van der Waals surface area contributed by atoms with Gasteiger partial charge in [0, 0.05) is 11.0 Å². The first kappa shape index (κ1) is 12.2. The molecule has 0 bridgehead atoms. The van der Waals surface area contributed by atoms with Crippen molar-refractivity contribution in [3.05, 3.63) is 33.8 Å². The number of carbonyl (C=O) groups excluding carboxylic acids is 1. The van der Waals surface area contributed by atoms with Crippen molar-refractivity contribution in [1.29, 1.82) is 0 Å². The molecule has 2 saturated carbocycles. The summed E-state index contributed by atoms with van der Waals surface area (Å²) < 4.78 is 0.916. The Balaban J connectivity index is 1.66. The first-order valence-corrected chi connectivity index (χ1v) is 7.45. The van der Waals surface area contributed by atoms with Crippen LogP contribution in [0.1, 0.15) is 41.6 Å². The number of rotatable bonds is 4. The van der Waals surface area contributed by atoms with Crippen molar-refractivity contribution < 1.29 is 4.79 Å². The lowest BCUT2D eigenvalue weighted by molar-refractivity contribution is 0.0941. The number of aryl methyl sites for hydroxylation is 1. The third-order valence-electron chi connectivity index (χ3n) is 4.37. The fraction of sp³-hybridized carbons (Fsp3) is 0.533. The molecule has 3 rings (SSSR count). The Morgan fingerprint density at radius 1 is 1.44 bits per heavy atom. The SMILES string of the molecule is Cc1cccc(C(=O)NCC2(C3CC3)CC2)c1Br. The first-order valence-electron chi connectivity index (χ1n) is 6.66. The second-order valence-corrected chi connectivity index (χ2v) is 6.55. The van der Waals surface area contributed by atoms with E-state index in [1.54, 1.807) is 0 Å². The predicted molar refractivity (Wildman–Crippen MR) is 75.6 cm³/mol. The number of hydrogen-bond donors (Lipinski definition) is 1. The van der Waals surface area contributed by atoms with Crippen molar-refractivity contribution in [3.8, 4) is 0 Å². The van der Waals surface area contributed by atoms with E-state index in [1.807, 2.05) is 25.1 Å². The highest BCUT2D eigenvalue weighted by Gasteiger charge is 2.53. The summed E-state index contributed by atoms with van der Waals surface area (Å²) in [6.45, 7) is 2.87. The minimum Gasteiger partial charge on any atom is -0.351 e. The lowest BCUT2D eigenvalue weighted by Crippen LogP contribution is -2.31. The van der Waals surface area contributed by atoms with Crippen LogP contribution in [-0.2, 0) is 0 Å². The summed E-state index contributed by atoms with van der Waals surface area (Å²) in [5.41, 5.74) is 2.32. The van der Waals surface area contributed by atoms with E-state index in [-0.39, 0.29) is 5.91 Å². The fourth-order valence-corrected chi connectivity index (χ4v) is 3.20. The molecule has 2 aliphatic carbocycles. The maximum atomic E-state index is 12.2. The first-order chi connectivity index (χ1) is 8.62. The van der Waals surface area contributed by atoms with Crippen LogP contribution in [0.3, 0.4) is 0 Å². The predicted octanol–water partition coefficient (Wildman–Crippen LogP) is 3.68. The molecule has 2 aliphatic rings. The zero-order valence-electron chi connectivity index (χ0n) is 10.6. The van der Waals surface area contributed by atoms with Crippen LogP contribution in [0.25, 0.3) is 0 Å². The average molecular weight is 308 g/mol. The lowest BCUT2D eigenvalue weighted by Gasteiger charge is -2.15. The fourth-order valence-electron chi connectivity index (χ4n) is 2.76. The normalized spacial score (nSPS) is 20.6. The van der Waals surface area contributed by atoms with Gasteiger partial charge in [-0.1, -0.05) is 12.1 Å². The Bertz CT molecular complexity index is 489. The molecule has 1 aromatic rings. The van der Waals surface area contributed by atoms with Crippen LogP contribution in [-0.4, -0.2) is 12.5 Å². The van der Waals surface area contributed by atoms with E-state index in [0.29, 0.717) is 5.41 Å². The van der Waals surface area contributed by atoms with Gasteiger partial charge in [0.15, 0.2) is 0 Å². The van der Waals surface area contributed by atoms with E-state index < -0.39 is 0 Å². The summed E-state index contributed by atoms with van der Waals surface area (Å²) in [6.07, 6.45) is 5.33. The molecular weight excluding hydrogens is 290 g/mol. The van der Waals surface area contributed by atoms with E-state index in [9.17, 15) is 4.79 Å². The van der Waals surface area contributed by atoms with Crippen LogP contribution >= 0.6 is 15.9 Å². The molecule has 96 valence electrons. The Kier molecular flexibility index (Phi) is 2.97. The zero-order chi connectivity index (χ0) is 12.8. The Labute approximate surface area is 116 Å². The third kappa shape index (κ3) is 2.20. The molecule has 0 unspecified atom stereocenters. The second-order valence-electron chi connectivity index (χ2n) is 5.76. The van der Waals surface area contributed by atoms with Gasteiger partial charge >= 0.3 is 0 Å². The number of benzene rings is 1. The highest BCUT2D eigenvalue weighted by molar-refractivity contribution is 9.10. The maximum absolute atomic E-state index is 12.2. The van der Waals surface area contributed by atoms with Crippen LogP contribution in [0.4, 0.5) is 0 Å². The molecule has 0 saturated heterocycles. The average Bonchev–Trinajstić information content (AvgIpc) is 3.22. The van der Waals surface area contributed by atoms with Gasteiger partial charge in [0.25, 0.3) is 5.91 Å². The van der Waals surface area contributed by atoms with Crippen LogP contribution in [0, 0.1) is 18.3 Å². The third-order valence-corrected chi connectivity index (χ3v) is 5.43. The topological polar surface area (TPSA) is 29.1 Å². The largest absolute Gasteiger partial charge is 0.351 e. The van der Waals surface area contributed by atoms with Gasteiger partial charge in [-0.25, -0.2) is 0 Å². The highest BCUT2D eigenvalue weighted by atomic mass is 79.9. The molecule has 2 nitrogen and oxygen atoms in total. The van der Waals surface area contributed by atoms with Crippen LogP contribution in [0.5, 0.6) is 0 Å². The lowest BCUT2D eigenvalue weighted by atomic mass is 10.0. The van der Waals surface area contributed by atoms with Gasteiger partial charge in [-0.3, -0.25) is 4.79 Å². The summed E-state index contributed by atoms with van der Waals surface area (Å²) in [5.74, 6) is 0.941. The van der Waals surface area contributed by atoms with Crippen molar-refractivity contribution in [1.82, 2.24) is 5.32 Å². The van der Waals surface area contributed by atoms with Crippen molar-refractivity contribution in [3.63, 3.8) is 0 Å². The minimum atomic E-state index is 0.0532. The number of nitrogens with one attached hydrogen (secondary N) is 1. The van der Waals surface area contributed by atoms with E-state index in [4.69, 9.17) is 0 Å². The summed E-state index contributed by atoms with van der Waals surface area (Å²) in [5, 5.41) is 3.12. The minimum absolute atomic E-state index is 0.0532. The van der Waals surface area contributed by atoms with Crippen molar-refractivity contribution >= 4 is 21.8 Å². The van der Waals surface area contributed by atoms with E-state index in [2.05, 4.69) is 21.2 Å². The molecule has 0 aromatic heterocycles. The number of halogens is 1. The van der Waals surface area contributed by atoms with Crippen LogP contribution in [0.2, 0.25) is 0 Å². The van der Waals surface area contributed by atoms with Gasteiger partial charge in [0.05, 0.1) is 5.56 Å². The molecule has 1 aromatic carbocycles. The second kappa shape index (κ2) is 4.37. The smallest absolute Gasteiger partial charge is 0.252 e. The highest BCUT2D eigenvalue weighted by Crippen LogP contribution is 2.60. The molecular formula is C15H18BrNO. The van der Waals surface area contributed by atoms with Crippen molar-refractivity contribution in [2.45, 2.75) is 32.6 Å². The number of carbonyl (C=O) groups is 1. The van der Waals surface area contributed by atoms with Crippen molar-refractivity contribution in [2.75, 3.05) is 6.54 Å². The van der Waals surface area contributed by atoms with Crippen LogP contribution in [0.15, 0.2) is 22.7 Å². The molecule has 0 heterocycles. The summed E-state index contributed by atoms with van der Waals surface area (Å²) in [4.78, 5) is 12.2. The summed E-state index contributed by atoms with van der Waals surface area (Å²) in [6, 6.07) is 5.82. The van der Waals surface area contributed by atoms with Crippen LogP contribution < -0.4 is 5.32 Å². The molecule has 2 fully saturated rings. The molecule has 18 heavy (non-hydrogen) atoms. The molecule has 0 spiro atoms. The van der Waals surface area contributed by atoms with Gasteiger partial charge in [-0.2, -0.15) is 0 Å². The monoisotopic (exact) mass is 307 g/mol. The molecule has 1 amide bonds. The van der Waals surface area contributed by atoms with E-state index in [1.165, 1.54) is 25.7 Å². The van der Waals surface area contributed by atoms with Gasteiger partial charge in [-0.15, -0.1) is 0 Å². The number of amides is 1. The molecule has 0 aliphatic heterocycles. The molecule has 0 atom stereocenters. The molecule has 3 heteroatoms. The van der Waals surface area contributed by atoms with Gasteiger partial charge in [0.1, 0.15) is 0 Å². The molecule has 1 N–H and O–H groups in total. The van der Waals surface area contributed by atoms with Gasteiger partial charge < -0.3 is 5.32 Å². The standard InChI is InChI=1S/C15H18BrNO/c1-10-3-2-4-12(13(10)16)14(18)17-9-15(7-8-15)11-5-6-11/h2-4,11H,5-9H2,1H3,(H,17,18). The van der Waals surface area contributed by atoms with Crippen molar-refractivity contribution in [2.24, 2.45) is 11.3 Å². The quantitative estimate of drug-likeness (QED) is 0.903. The maximum Gasteiger partial charge on any atom is 0.252 e. The van der Waals surface area contributed by atoms with Gasteiger partial charge in [-0.05, 0) is 71.5 Å². The van der Waals surface area contributed by atoms with Gasteiger partial charge in [0.2, 0.25) is 0 Å². The summed E-state index contributed by atoms with van der Waals surface area (Å²) >= 11 is 3.50. The molecule has 0 radical (unpaired) electrons.